The van der Waals surface area contributed by atoms with Crippen LogP contribution in [-0.4, -0.2) is 32.1 Å². The van der Waals surface area contributed by atoms with Crippen LogP contribution in [0.5, 0.6) is 11.5 Å². The molecule has 1 heterocycles. The van der Waals surface area contributed by atoms with Crippen molar-refractivity contribution in [3.63, 3.8) is 0 Å². The molecule has 0 unspecified atom stereocenters. The smallest absolute Gasteiger partial charge is 0.336 e. The number of carbonyl (C=O) groups excluding carboxylic acids is 2. The largest absolute Gasteiger partial charge is 0.493 e. The normalized spacial score (nSPS) is 17.2. The van der Waals surface area contributed by atoms with E-state index in [2.05, 4.69) is 5.32 Å². The molecular weight excluding hydrogens is 394 g/mol. The summed E-state index contributed by atoms with van der Waals surface area (Å²) in [6.45, 7) is 6.24. The molecule has 4 rings (SSSR count). The van der Waals surface area contributed by atoms with E-state index in [0.717, 1.165) is 16.8 Å². The Hall–Kier alpha value is -3.54. The van der Waals surface area contributed by atoms with E-state index in [4.69, 9.17) is 14.2 Å². The number of hydrogen-bond acceptors (Lipinski definition) is 6. The van der Waals surface area contributed by atoms with Crippen molar-refractivity contribution in [1.29, 1.82) is 0 Å². The van der Waals surface area contributed by atoms with Gasteiger partial charge >= 0.3 is 5.97 Å². The fraction of sp³-hybridized carbons (Fsp3) is 0.280. The lowest BCUT2D eigenvalue weighted by Gasteiger charge is -2.29. The first-order chi connectivity index (χ1) is 15.0. The van der Waals surface area contributed by atoms with E-state index < -0.39 is 11.9 Å². The Morgan fingerprint density at radius 1 is 1.03 bits per heavy atom. The maximum absolute atomic E-state index is 13.4. The fourth-order valence-corrected chi connectivity index (χ4v) is 4.28. The molecule has 31 heavy (non-hydrogen) atoms. The highest BCUT2D eigenvalue weighted by Crippen LogP contribution is 2.47. The first-order valence-corrected chi connectivity index (χ1v) is 10.4. The van der Waals surface area contributed by atoms with Crippen LogP contribution in [0.25, 0.3) is 5.70 Å². The third-order valence-corrected chi connectivity index (χ3v) is 5.57. The lowest BCUT2D eigenvalue weighted by Crippen LogP contribution is -2.29. The molecule has 0 saturated heterocycles. The average Bonchev–Trinajstić information content (AvgIpc) is 3.05. The summed E-state index contributed by atoms with van der Waals surface area (Å²) >= 11 is 0. The summed E-state index contributed by atoms with van der Waals surface area (Å²) < 4.78 is 16.5. The summed E-state index contributed by atoms with van der Waals surface area (Å²) in [5, 5.41) is 3.30. The van der Waals surface area contributed by atoms with E-state index in [1.807, 2.05) is 56.3 Å². The highest BCUT2D eigenvalue weighted by Gasteiger charge is 2.43. The van der Waals surface area contributed by atoms with Gasteiger partial charge in [-0.25, -0.2) is 4.79 Å². The monoisotopic (exact) mass is 419 g/mol. The minimum absolute atomic E-state index is 0.0924. The highest BCUT2D eigenvalue weighted by molar-refractivity contribution is 6.23. The van der Waals surface area contributed by atoms with Gasteiger partial charge in [-0.05, 0) is 38.5 Å². The van der Waals surface area contributed by atoms with E-state index in [-0.39, 0.29) is 12.4 Å². The Bertz CT molecular complexity index is 1130. The van der Waals surface area contributed by atoms with Crippen LogP contribution in [0.2, 0.25) is 0 Å². The van der Waals surface area contributed by atoms with Crippen LogP contribution < -0.4 is 14.8 Å². The maximum Gasteiger partial charge on any atom is 0.336 e. The van der Waals surface area contributed by atoms with Gasteiger partial charge in [0.15, 0.2) is 17.3 Å². The summed E-state index contributed by atoms with van der Waals surface area (Å²) in [6, 6.07) is 13.0. The summed E-state index contributed by atoms with van der Waals surface area (Å²) in [5.74, 6) is 0.0332. The number of Topliss-reactive ketones (excluding diaryl/α,β-unsaturated/α-hetero) is 1. The molecule has 1 N–H and O–H groups in total. The molecule has 160 valence electrons. The number of esters is 1. The molecule has 0 spiro atoms. The number of nitrogens with one attached hydrogen (secondary N) is 1. The molecule has 1 atom stereocenters. The van der Waals surface area contributed by atoms with Crippen LogP contribution in [0.4, 0.5) is 0 Å². The number of fused-ring (bicyclic) bond motifs is 2. The van der Waals surface area contributed by atoms with Crippen molar-refractivity contribution in [3.05, 3.63) is 76.0 Å². The molecule has 1 aliphatic heterocycles. The van der Waals surface area contributed by atoms with Crippen molar-refractivity contribution < 1.29 is 23.8 Å². The zero-order chi connectivity index (χ0) is 22.1. The zero-order valence-corrected chi connectivity index (χ0v) is 18.1. The van der Waals surface area contributed by atoms with Crippen LogP contribution in [0.1, 0.15) is 48.2 Å². The van der Waals surface area contributed by atoms with Crippen LogP contribution in [0.15, 0.2) is 59.3 Å². The summed E-state index contributed by atoms with van der Waals surface area (Å²) in [4.78, 5) is 26.4. The third kappa shape index (κ3) is 3.38. The van der Waals surface area contributed by atoms with Crippen molar-refractivity contribution in [2.75, 3.05) is 20.3 Å². The number of methoxy groups -OCH3 is 1. The van der Waals surface area contributed by atoms with Gasteiger partial charge < -0.3 is 19.5 Å². The molecule has 2 aliphatic rings. The Morgan fingerprint density at radius 3 is 2.45 bits per heavy atom. The van der Waals surface area contributed by atoms with E-state index in [0.29, 0.717) is 40.5 Å². The summed E-state index contributed by atoms with van der Waals surface area (Å²) in [6.07, 6.45) is 0. The Balaban J connectivity index is 1.91. The van der Waals surface area contributed by atoms with E-state index in [9.17, 15) is 9.59 Å². The Kier molecular flexibility index (Phi) is 5.55. The average molecular weight is 419 g/mol. The second-order valence-corrected chi connectivity index (χ2v) is 7.32. The summed E-state index contributed by atoms with van der Waals surface area (Å²) in [7, 11) is 1.57. The quantitative estimate of drug-likeness (QED) is 0.707. The SMILES string of the molecule is CCOC(=O)C1=C(C)NC2=C(C(=O)c3ccccc32)[C@@H]1c1ccc(OCC)c(OC)c1. The first-order valence-electron chi connectivity index (χ1n) is 10.4. The lowest BCUT2D eigenvalue weighted by molar-refractivity contribution is -0.138. The first kappa shape index (κ1) is 20.7. The number of ether oxygens (including phenoxy) is 3. The molecule has 2 aromatic carbocycles. The molecule has 2 aromatic rings. The molecule has 0 bridgehead atoms. The topological polar surface area (TPSA) is 73.9 Å². The van der Waals surface area contributed by atoms with E-state index in [1.165, 1.54) is 0 Å². The molecule has 0 amide bonds. The van der Waals surface area contributed by atoms with Gasteiger partial charge in [-0.1, -0.05) is 30.3 Å². The fourth-order valence-electron chi connectivity index (χ4n) is 4.28. The minimum Gasteiger partial charge on any atom is -0.493 e. The van der Waals surface area contributed by atoms with Gasteiger partial charge in [0.05, 0.1) is 31.6 Å². The van der Waals surface area contributed by atoms with Gasteiger partial charge in [0, 0.05) is 28.3 Å². The molecular formula is C25H25NO5. The van der Waals surface area contributed by atoms with Gasteiger partial charge in [-0.15, -0.1) is 0 Å². The van der Waals surface area contributed by atoms with Crippen LogP contribution in [0, 0.1) is 0 Å². The van der Waals surface area contributed by atoms with Gasteiger partial charge in [0.1, 0.15) is 0 Å². The number of benzene rings is 2. The molecule has 1 aliphatic carbocycles. The number of allylic oxidation sites excluding steroid dienone is 2. The van der Waals surface area contributed by atoms with Crippen molar-refractivity contribution in [1.82, 2.24) is 5.32 Å². The molecule has 6 heteroatoms. The number of dihydropyridines is 1. The van der Waals surface area contributed by atoms with E-state index in [1.54, 1.807) is 14.0 Å². The zero-order valence-electron chi connectivity index (χ0n) is 18.1. The molecule has 0 fully saturated rings. The van der Waals surface area contributed by atoms with Crippen molar-refractivity contribution >= 4 is 17.4 Å². The number of hydrogen-bond donors (Lipinski definition) is 1. The summed E-state index contributed by atoms with van der Waals surface area (Å²) in [5.41, 5.74) is 4.60. The van der Waals surface area contributed by atoms with Gasteiger partial charge in [0.2, 0.25) is 0 Å². The molecule has 0 radical (unpaired) electrons. The Morgan fingerprint density at radius 2 is 1.77 bits per heavy atom. The predicted molar refractivity (Wildman–Crippen MR) is 117 cm³/mol. The van der Waals surface area contributed by atoms with Crippen molar-refractivity contribution in [2.45, 2.75) is 26.7 Å². The van der Waals surface area contributed by atoms with Gasteiger partial charge in [-0.3, -0.25) is 4.79 Å². The van der Waals surface area contributed by atoms with E-state index >= 15 is 0 Å². The number of rotatable bonds is 6. The van der Waals surface area contributed by atoms with Crippen molar-refractivity contribution in [3.8, 4) is 11.5 Å². The molecule has 0 aromatic heterocycles. The number of ketones is 1. The molecule has 0 saturated carbocycles. The van der Waals surface area contributed by atoms with Crippen LogP contribution >= 0.6 is 0 Å². The van der Waals surface area contributed by atoms with Gasteiger partial charge in [-0.2, -0.15) is 0 Å². The number of carbonyl (C=O) groups is 2. The van der Waals surface area contributed by atoms with Gasteiger partial charge in [0.25, 0.3) is 0 Å². The Labute approximate surface area is 181 Å². The molecule has 6 nitrogen and oxygen atoms in total. The minimum atomic E-state index is -0.584. The predicted octanol–water partition coefficient (Wildman–Crippen LogP) is 4.23. The third-order valence-electron chi connectivity index (χ3n) is 5.57. The van der Waals surface area contributed by atoms with Crippen LogP contribution in [0.3, 0.4) is 0 Å². The second kappa shape index (κ2) is 8.30. The highest BCUT2D eigenvalue weighted by atomic mass is 16.5. The second-order valence-electron chi connectivity index (χ2n) is 7.32. The lowest BCUT2D eigenvalue weighted by atomic mass is 9.79. The van der Waals surface area contributed by atoms with Crippen LogP contribution in [-0.2, 0) is 9.53 Å². The van der Waals surface area contributed by atoms with Crippen molar-refractivity contribution in [2.24, 2.45) is 0 Å². The maximum atomic E-state index is 13.4. The standard InChI is InChI=1S/C25H25NO5/c1-5-30-18-12-11-15(13-19(18)29-4)21-20(25(28)31-6-2)14(3)26-23-16-9-7-8-10-17(16)24(27)22(21)23/h7-13,21,26H,5-6H2,1-4H3/t21-/m1/s1.